The molecule has 0 radical (unpaired) electrons. The van der Waals surface area contributed by atoms with Gasteiger partial charge in [0.2, 0.25) is 0 Å². The fraction of sp³-hybridized carbons (Fsp3) is 0.391. The van der Waals surface area contributed by atoms with Gasteiger partial charge < -0.3 is 19.4 Å². The quantitative estimate of drug-likeness (QED) is 0.569. The first-order valence-electron chi connectivity index (χ1n) is 9.58. The smallest absolute Gasteiger partial charge is 0.184 e. The zero-order chi connectivity index (χ0) is 20.3. The van der Waals surface area contributed by atoms with E-state index in [2.05, 4.69) is 12.1 Å². The molecule has 0 aromatic heterocycles. The number of fused-ring (bicyclic) bond motifs is 1. The van der Waals surface area contributed by atoms with Crippen LogP contribution >= 0.6 is 0 Å². The number of aromatic hydroxyl groups is 1. The molecule has 1 aliphatic rings. The zero-order valence-electron chi connectivity index (χ0n) is 16.5. The summed E-state index contributed by atoms with van der Waals surface area (Å²) in [5, 5.41) is 10.3. The highest BCUT2D eigenvalue weighted by molar-refractivity contribution is 6.10. The molecule has 1 aliphatic heterocycles. The number of carbonyl (C=O) groups excluding carboxylic acids is 2. The third-order valence-corrected chi connectivity index (χ3v) is 5.10. The van der Waals surface area contributed by atoms with Crippen LogP contribution in [-0.2, 0) is 11.2 Å². The van der Waals surface area contributed by atoms with Gasteiger partial charge in [-0.2, -0.15) is 0 Å². The summed E-state index contributed by atoms with van der Waals surface area (Å²) >= 11 is 0. The number of phenolic OH excluding ortho intramolecular Hbond substituents is 1. The molecule has 2 aromatic rings. The van der Waals surface area contributed by atoms with E-state index in [0.717, 1.165) is 19.3 Å². The SMILES string of the molecule is CC(CCCc1ccccc1)Oc1cc(O)c2c(c1)OC(C)(C)C(C=O)C2=O. The Morgan fingerprint density at radius 1 is 1.25 bits per heavy atom. The molecule has 148 valence electrons. The van der Waals surface area contributed by atoms with Crippen molar-refractivity contribution in [3.05, 3.63) is 53.6 Å². The number of rotatable bonds is 7. The molecule has 0 saturated heterocycles. The van der Waals surface area contributed by atoms with Crippen molar-refractivity contribution in [2.45, 2.75) is 51.7 Å². The largest absolute Gasteiger partial charge is 0.507 e. The Morgan fingerprint density at radius 3 is 2.64 bits per heavy atom. The lowest BCUT2D eigenvalue weighted by molar-refractivity contribution is -0.114. The maximum absolute atomic E-state index is 12.6. The second-order valence-corrected chi connectivity index (χ2v) is 7.81. The van der Waals surface area contributed by atoms with Gasteiger partial charge in [0.05, 0.1) is 6.10 Å². The van der Waals surface area contributed by atoms with Gasteiger partial charge in [0.1, 0.15) is 40.6 Å². The van der Waals surface area contributed by atoms with Crippen molar-refractivity contribution in [2.24, 2.45) is 5.92 Å². The average Bonchev–Trinajstić information content (AvgIpc) is 2.61. The van der Waals surface area contributed by atoms with E-state index in [1.807, 2.05) is 25.1 Å². The van der Waals surface area contributed by atoms with Crippen molar-refractivity contribution in [3.8, 4) is 17.2 Å². The number of hydrogen-bond acceptors (Lipinski definition) is 5. The lowest BCUT2D eigenvalue weighted by Gasteiger charge is -2.36. The number of hydrogen-bond donors (Lipinski definition) is 1. The van der Waals surface area contributed by atoms with Crippen LogP contribution in [0, 0.1) is 5.92 Å². The van der Waals surface area contributed by atoms with Crippen LogP contribution < -0.4 is 9.47 Å². The predicted octanol–water partition coefficient (Wildman–Crippen LogP) is 4.35. The van der Waals surface area contributed by atoms with Crippen molar-refractivity contribution in [3.63, 3.8) is 0 Å². The van der Waals surface area contributed by atoms with E-state index in [1.54, 1.807) is 19.9 Å². The lowest BCUT2D eigenvalue weighted by Crippen LogP contribution is -2.46. The fourth-order valence-corrected chi connectivity index (χ4v) is 3.55. The summed E-state index contributed by atoms with van der Waals surface area (Å²) in [6, 6.07) is 13.3. The van der Waals surface area contributed by atoms with Gasteiger partial charge in [0.15, 0.2) is 5.78 Å². The number of phenols is 1. The van der Waals surface area contributed by atoms with Crippen LogP contribution in [0.5, 0.6) is 17.2 Å². The minimum absolute atomic E-state index is 0.0421. The molecule has 0 aliphatic carbocycles. The molecule has 2 unspecified atom stereocenters. The number of ether oxygens (including phenoxy) is 2. The van der Waals surface area contributed by atoms with Crippen LogP contribution in [0.4, 0.5) is 0 Å². The molecular formula is C23H26O5. The first kappa shape index (κ1) is 19.9. The molecule has 0 saturated carbocycles. The molecule has 5 heteroatoms. The van der Waals surface area contributed by atoms with Gasteiger partial charge in [-0.3, -0.25) is 4.79 Å². The van der Waals surface area contributed by atoms with Gasteiger partial charge in [-0.05, 0) is 45.6 Å². The molecule has 1 N–H and O–H groups in total. The van der Waals surface area contributed by atoms with Crippen molar-refractivity contribution < 1.29 is 24.2 Å². The van der Waals surface area contributed by atoms with Crippen LogP contribution in [0.25, 0.3) is 0 Å². The topological polar surface area (TPSA) is 72.8 Å². The van der Waals surface area contributed by atoms with Crippen LogP contribution in [0.15, 0.2) is 42.5 Å². The number of aldehydes is 1. The van der Waals surface area contributed by atoms with E-state index in [0.29, 0.717) is 12.0 Å². The average molecular weight is 382 g/mol. The van der Waals surface area contributed by atoms with Crippen molar-refractivity contribution >= 4 is 12.1 Å². The molecule has 5 nitrogen and oxygen atoms in total. The minimum atomic E-state index is -0.974. The molecule has 0 bridgehead atoms. The lowest BCUT2D eigenvalue weighted by atomic mass is 9.82. The Bertz CT molecular complexity index is 857. The van der Waals surface area contributed by atoms with Gasteiger partial charge in [-0.15, -0.1) is 0 Å². The van der Waals surface area contributed by atoms with Crippen LogP contribution in [-0.4, -0.2) is 28.9 Å². The Labute approximate surface area is 165 Å². The molecule has 28 heavy (non-hydrogen) atoms. The Morgan fingerprint density at radius 2 is 1.96 bits per heavy atom. The van der Waals surface area contributed by atoms with E-state index < -0.39 is 17.3 Å². The predicted molar refractivity (Wildman–Crippen MR) is 106 cm³/mol. The van der Waals surface area contributed by atoms with Crippen LogP contribution in [0.2, 0.25) is 0 Å². The maximum atomic E-state index is 12.6. The molecular weight excluding hydrogens is 356 g/mol. The summed E-state index contributed by atoms with van der Waals surface area (Å²) < 4.78 is 11.8. The summed E-state index contributed by atoms with van der Waals surface area (Å²) in [6.45, 7) is 5.34. The summed E-state index contributed by atoms with van der Waals surface area (Å²) in [5.74, 6) is -0.914. The molecule has 0 spiro atoms. The highest BCUT2D eigenvalue weighted by atomic mass is 16.5. The Balaban J connectivity index is 1.68. The number of Topliss-reactive ketones (excluding diaryl/α,β-unsaturated/α-hetero) is 1. The van der Waals surface area contributed by atoms with Gasteiger partial charge in [0.25, 0.3) is 0 Å². The third kappa shape index (κ3) is 4.19. The van der Waals surface area contributed by atoms with E-state index in [1.165, 1.54) is 11.6 Å². The van der Waals surface area contributed by atoms with Crippen LogP contribution in [0.3, 0.4) is 0 Å². The van der Waals surface area contributed by atoms with Crippen molar-refractivity contribution in [2.75, 3.05) is 0 Å². The molecule has 0 amide bonds. The summed E-state index contributed by atoms with van der Waals surface area (Å²) in [7, 11) is 0. The standard InChI is InChI=1S/C23H26O5/c1-15(8-7-11-16-9-5-4-6-10-16)27-17-12-19(25)21-20(13-17)28-23(2,3)18(14-24)22(21)26/h4-6,9-10,12-15,18,25H,7-8,11H2,1-3H3. The third-order valence-electron chi connectivity index (χ3n) is 5.10. The second kappa shape index (κ2) is 8.05. The van der Waals surface area contributed by atoms with E-state index in [4.69, 9.17) is 9.47 Å². The first-order chi connectivity index (χ1) is 13.3. The second-order valence-electron chi connectivity index (χ2n) is 7.81. The molecule has 0 fully saturated rings. The summed E-state index contributed by atoms with van der Waals surface area (Å²) in [5.41, 5.74) is 0.360. The van der Waals surface area contributed by atoms with Gasteiger partial charge in [-0.25, -0.2) is 0 Å². The van der Waals surface area contributed by atoms with Gasteiger partial charge in [-0.1, -0.05) is 30.3 Å². The van der Waals surface area contributed by atoms with Gasteiger partial charge in [0, 0.05) is 12.1 Å². The number of carbonyl (C=O) groups is 2. The van der Waals surface area contributed by atoms with E-state index in [9.17, 15) is 14.7 Å². The van der Waals surface area contributed by atoms with Gasteiger partial charge >= 0.3 is 0 Å². The monoisotopic (exact) mass is 382 g/mol. The molecule has 2 aromatic carbocycles. The highest BCUT2D eigenvalue weighted by Gasteiger charge is 2.44. The Kier molecular flexibility index (Phi) is 5.73. The number of aryl methyl sites for hydroxylation is 1. The van der Waals surface area contributed by atoms with E-state index >= 15 is 0 Å². The normalized spacial score (nSPS) is 18.7. The highest BCUT2D eigenvalue weighted by Crippen LogP contribution is 2.43. The first-order valence-corrected chi connectivity index (χ1v) is 9.58. The number of ketones is 1. The maximum Gasteiger partial charge on any atom is 0.184 e. The molecule has 3 rings (SSSR count). The minimum Gasteiger partial charge on any atom is -0.507 e. The Hall–Kier alpha value is -2.82. The fourth-order valence-electron chi connectivity index (χ4n) is 3.55. The van der Waals surface area contributed by atoms with Crippen molar-refractivity contribution in [1.29, 1.82) is 0 Å². The summed E-state index contributed by atoms with van der Waals surface area (Å²) in [6.07, 6.45) is 3.32. The van der Waals surface area contributed by atoms with Crippen LogP contribution in [0.1, 0.15) is 49.5 Å². The zero-order valence-corrected chi connectivity index (χ0v) is 16.5. The number of benzene rings is 2. The molecule has 2 atom stereocenters. The van der Waals surface area contributed by atoms with E-state index in [-0.39, 0.29) is 23.2 Å². The molecule has 1 heterocycles. The summed E-state index contributed by atoms with van der Waals surface area (Å²) in [4.78, 5) is 23.9. The van der Waals surface area contributed by atoms with Crippen molar-refractivity contribution in [1.82, 2.24) is 0 Å².